The van der Waals surface area contributed by atoms with Crippen molar-refractivity contribution in [2.75, 3.05) is 46.9 Å². The Hall–Kier alpha value is -3.12. The van der Waals surface area contributed by atoms with Crippen LogP contribution in [0.25, 0.3) is 0 Å². The van der Waals surface area contributed by atoms with E-state index in [0.29, 0.717) is 17.2 Å². The lowest BCUT2D eigenvalue weighted by atomic mass is 9.99. The Morgan fingerprint density at radius 2 is 1.59 bits per heavy atom. The van der Waals surface area contributed by atoms with Crippen LogP contribution >= 0.6 is 0 Å². The smallest absolute Gasteiger partial charge is 0.203 e. The lowest BCUT2D eigenvalue weighted by molar-refractivity contribution is 0.219. The van der Waals surface area contributed by atoms with Gasteiger partial charge >= 0.3 is 0 Å². The number of hydrogen-bond acceptors (Lipinski definition) is 5. The molecule has 1 aliphatic rings. The summed E-state index contributed by atoms with van der Waals surface area (Å²) in [6.45, 7) is 2.87. The molecule has 1 unspecified atom stereocenters. The Labute approximate surface area is 190 Å². The van der Waals surface area contributed by atoms with Crippen LogP contribution in [0.3, 0.4) is 0 Å². The first-order valence-electron chi connectivity index (χ1n) is 11.0. The van der Waals surface area contributed by atoms with Crippen molar-refractivity contribution in [2.24, 2.45) is 0 Å². The molecule has 0 N–H and O–H groups in total. The van der Waals surface area contributed by atoms with Gasteiger partial charge in [-0.3, -0.25) is 4.90 Å². The second-order valence-electron chi connectivity index (χ2n) is 8.37. The molecule has 170 valence electrons. The first-order chi connectivity index (χ1) is 15.5. The zero-order chi connectivity index (χ0) is 22.7. The molecule has 0 saturated carbocycles. The van der Waals surface area contributed by atoms with E-state index in [0.717, 1.165) is 31.6 Å². The number of anilines is 1. The van der Waals surface area contributed by atoms with Gasteiger partial charge in [0, 0.05) is 51.3 Å². The normalized spacial score (nSPS) is 16.2. The Bertz CT molecular complexity index is 1020. The summed E-state index contributed by atoms with van der Waals surface area (Å²) in [4.78, 5) is 4.67. The van der Waals surface area contributed by atoms with Crippen molar-refractivity contribution < 1.29 is 14.2 Å². The molecule has 6 nitrogen and oxygen atoms in total. The molecule has 0 fully saturated rings. The predicted molar refractivity (Wildman–Crippen MR) is 128 cm³/mol. The monoisotopic (exact) mass is 435 g/mol. The van der Waals surface area contributed by atoms with Gasteiger partial charge in [-0.2, -0.15) is 0 Å². The lowest BCUT2D eigenvalue weighted by Crippen LogP contribution is -2.29. The number of methoxy groups -OCH3 is 3. The van der Waals surface area contributed by atoms with Gasteiger partial charge in [-0.25, -0.2) is 0 Å². The average Bonchev–Trinajstić information content (AvgIpc) is 3.19. The molecular formula is C26H33N3O3. The minimum atomic E-state index is 0.0785. The van der Waals surface area contributed by atoms with E-state index in [1.807, 2.05) is 0 Å². The number of fused-ring (bicyclic) bond motifs is 1. The molecule has 32 heavy (non-hydrogen) atoms. The highest BCUT2D eigenvalue weighted by Crippen LogP contribution is 2.43. The minimum absolute atomic E-state index is 0.0785. The van der Waals surface area contributed by atoms with Gasteiger partial charge in [-0.15, -0.1) is 0 Å². The van der Waals surface area contributed by atoms with Crippen LogP contribution in [0.5, 0.6) is 17.2 Å². The van der Waals surface area contributed by atoms with Gasteiger partial charge in [0.2, 0.25) is 5.75 Å². The summed E-state index contributed by atoms with van der Waals surface area (Å²) in [7, 11) is 9.11. The maximum absolute atomic E-state index is 5.67. The van der Waals surface area contributed by atoms with E-state index in [2.05, 4.69) is 83.2 Å². The van der Waals surface area contributed by atoms with Crippen molar-refractivity contribution in [2.45, 2.75) is 25.6 Å². The Morgan fingerprint density at radius 1 is 0.906 bits per heavy atom. The fourth-order valence-electron chi connectivity index (χ4n) is 4.58. The maximum atomic E-state index is 5.67. The third-order valence-corrected chi connectivity index (χ3v) is 6.20. The van der Waals surface area contributed by atoms with Crippen molar-refractivity contribution in [1.82, 2.24) is 9.47 Å². The van der Waals surface area contributed by atoms with Crippen LogP contribution in [0.2, 0.25) is 0 Å². The summed E-state index contributed by atoms with van der Waals surface area (Å²) >= 11 is 0. The van der Waals surface area contributed by atoms with Gasteiger partial charge in [0.15, 0.2) is 11.5 Å². The lowest BCUT2D eigenvalue weighted by Gasteiger charge is -2.31. The van der Waals surface area contributed by atoms with Gasteiger partial charge in [0.1, 0.15) is 0 Å². The number of aromatic nitrogens is 1. The largest absolute Gasteiger partial charge is 0.493 e. The van der Waals surface area contributed by atoms with E-state index < -0.39 is 0 Å². The standard InChI is InChI=1S/C26H33N3O3/c1-27(2)21-11-9-19(10-12-21)18-29-15-7-14-28-13-6-8-22(28)25(29)20-16-23(30-3)26(32-5)24(17-20)31-4/h6,8-13,16-17,25H,7,14-15,18H2,1-5H3. The Balaban J connectivity index is 1.76. The van der Waals surface area contributed by atoms with E-state index >= 15 is 0 Å². The molecule has 0 amide bonds. The zero-order valence-corrected chi connectivity index (χ0v) is 19.7. The first kappa shape index (κ1) is 22.1. The number of benzene rings is 2. The number of rotatable bonds is 7. The van der Waals surface area contributed by atoms with E-state index in [-0.39, 0.29) is 6.04 Å². The molecule has 1 atom stereocenters. The summed E-state index contributed by atoms with van der Waals surface area (Å²) in [5.74, 6) is 1.98. The molecule has 3 aromatic rings. The van der Waals surface area contributed by atoms with Gasteiger partial charge in [0.25, 0.3) is 0 Å². The maximum Gasteiger partial charge on any atom is 0.203 e. The van der Waals surface area contributed by atoms with Gasteiger partial charge in [0.05, 0.1) is 27.4 Å². The van der Waals surface area contributed by atoms with Crippen molar-refractivity contribution in [3.8, 4) is 17.2 Å². The SMILES string of the molecule is COc1cc(C2c3cccn3CCCN2Cc2ccc(N(C)C)cc2)cc(OC)c1OC. The highest BCUT2D eigenvalue weighted by molar-refractivity contribution is 5.55. The summed E-state index contributed by atoms with van der Waals surface area (Å²) < 4.78 is 19.3. The minimum Gasteiger partial charge on any atom is -0.493 e. The second-order valence-corrected chi connectivity index (χ2v) is 8.37. The summed E-state index contributed by atoms with van der Waals surface area (Å²) in [6.07, 6.45) is 3.27. The van der Waals surface area contributed by atoms with Crippen LogP contribution in [0, 0.1) is 0 Å². The zero-order valence-electron chi connectivity index (χ0n) is 19.7. The molecule has 6 heteroatoms. The third-order valence-electron chi connectivity index (χ3n) is 6.20. The molecule has 0 spiro atoms. The molecule has 4 rings (SSSR count). The average molecular weight is 436 g/mol. The molecule has 0 radical (unpaired) electrons. The molecule has 2 aromatic carbocycles. The molecular weight excluding hydrogens is 402 g/mol. The number of ether oxygens (including phenoxy) is 3. The van der Waals surface area contributed by atoms with E-state index in [9.17, 15) is 0 Å². The van der Waals surface area contributed by atoms with Crippen molar-refractivity contribution in [3.05, 3.63) is 71.5 Å². The van der Waals surface area contributed by atoms with E-state index in [4.69, 9.17) is 14.2 Å². The molecule has 0 bridgehead atoms. The van der Waals surface area contributed by atoms with Gasteiger partial charge in [-0.1, -0.05) is 12.1 Å². The predicted octanol–water partition coefficient (Wildman–Crippen LogP) is 4.58. The van der Waals surface area contributed by atoms with Gasteiger partial charge < -0.3 is 23.7 Å². The number of nitrogens with zero attached hydrogens (tertiary/aromatic N) is 3. The fraction of sp³-hybridized carbons (Fsp3) is 0.385. The van der Waals surface area contributed by atoms with Crippen LogP contribution in [-0.2, 0) is 13.1 Å². The van der Waals surface area contributed by atoms with Gasteiger partial charge in [-0.05, 0) is 53.9 Å². The summed E-state index contributed by atoms with van der Waals surface area (Å²) in [5.41, 5.74) is 4.92. The molecule has 0 saturated heterocycles. The third kappa shape index (κ3) is 4.28. The van der Waals surface area contributed by atoms with Crippen LogP contribution in [0.4, 0.5) is 5.69 Å². The van der Waals surface area contributed by atoms with Crippen molar-refractivity contribution >= 4 is 5.69 Å². The second kappa shape index (κ2) is 9.57. The number of aryl methyl sites for hydroxylation is 1. The molecule has 1 aromatic heterocycles. The van der Waals surface area contributed by atoms with E-state index in [1.54, 1.807) is 21.3 Å². The Morgan fingerprint density at radius 3 is 2.19 bits per heavy atom. The molecule has 2 heterocycles. The topological polar surface area (TPSA) is 39.1 Å². The van der Waals surface area contributed by atoms with Crippen LogP contribution in [0.15, 0.2) is 54.7 Å². The highest BCUT2D eigenvalue weighted by atomic mass is 16.5. The fourth-order valence-corrected chi connectivity index (χ4v) is 4.58. The molecule has 1 aliphatic heterocycles. The summed E-state index contributed by atoms with van der Waals surface area (Å²) in [5, 5.41) is 0. The van der Waals surface area contributed by atoms with Crippen LogP contribution < -0.4 is 19.1 Å². The Kier molecular flexibility index (Phi) is 6.61. The summed E-state index contributed by atoms with van der Waals surface area (Å²) in [6, 6.07) is 17.4. The highest BCUT2D eigenvalue weighted by Gasteiger charge is 2.29. The van der Waals surface area contributed by atoms with Crippen LogP contribution in [-0.4, -0.2) is 51.4 Å². The van der Waals surface area contributed by atoms with Crippen molar-refractivity contribution in [1.29, 1.82) is 0 Å². The van der Waals surface area contributed by atoms with Crippen molar-refractivity contribution in [3.63, 3.8) is 0 Å². The number of hydrogen-bond donors (Lipinski definition) is 0. The van der Waals surface area contributed by atoms with Crippen LogP contribution in [0.1, 0.15) is 29.3 Å². The van der Waals surface area contributed by atoms with E-state index in [1.165, 1.54) is 16.9 Å². The quantitative estimate of drug-likeness (QED) is 0.543. The molecule has 0 aliphatic carbocycles. The first-order valence-corrected chi connectivity index (χ1v) is 11.0.